The molecule has 0 saturated heterocycles. The SMILES string of the molecule is C1=Cc2nc1c(-c1ccccc1)c1ccc([nH]1)c(-c1ccncc1)c1nc(c(N(c3ccccc3)c3ccccc3)c3ccc([nH]3)c2-c2ccncc2)C=C1. The summed E-state index contributed by atoms with van der Waals surface area (Å²) in [5.41, 5.74) is 16.1. The molecule has 8 aromatic rings. The average Bonchev–Trinajstić information content (AvgIpc) is 4.09. The van der Waals surface area contributed by atoms with Crippen molar-refractivity contribution >= 4 is 63.4 Å². The highest BCUT2D eigenvalue weighted by Gasteiger charge is 2.22. The molecule has 260 valence electrons. The van der Waals surface area contributed by atoms with Gasteiger partial charge in [-0.2, -0.15) is 0 Å². The fourth-order valence-electron chi connectivity index (χ4n) is 7.54. The summed E-state index contributed by atoms with van der Waals surface area (Å²) in [6.07, 6.45) is 15.8. The van der Waals surface area contributed by atoms with Crippen LogP contribution in [0.2, 0.25) is 0 Å². The van der Waals surface area contributed by atoms with E-state index in [4.69, 9.17) is 9.97 Å². The van der Waals surface area contributed by atoms with Crippen LogP contribution in [0.3, 0.4) is 0 Å². The number of anilines is 3. The van der Waals surface area contributed by atoms with Crippen molar-refractivity contribution in [3.8, 4) is 33.4 Å². The number of aromatic amines is 2. The molecule has 2 aliphatic rings. The van der Waals surface area contributed by atoms with E-state index in [-0.39, 0.29) is 0 Å². The Balaban J connectivity index is 1.40. The van der Waals surface area contributed by atoms with Crippen LogP contribution in [0, 0.1) is 0 Å². The number of rotatable bonds is 6. The van der Waals surface area contributed by atoms with E-state index in [0.717, 1.165) is 95.3 Å². The van der Waals surface area contributed by atoms with E-state index in [2.05, 4.69) is 146 Å². The molecule has 7 heterocycles. The minimum atomic E-state index is 0.817. The van der Waals surface area contributed by atoms with E-state index < -0.39 is 0 Å². The normalized spacial score (nSPS) is 11.9. The van der Waals surface area contributed by atoms with Gasteiger partial charge in [0.2, 0.25) is 0 Å². The molecule has 2 aliphatic heterocycles. The summed E-state index contributed by atoms with van der Waals surface area (Å²) >= 11 is 0. The van der Waals surface area contributed by atoms with Gasteiger partial charge in [0.05, 0.1) is 34.0 Å². The molecule has 0 fully saturated rings. The summed E-state index contributed by atoms with van der Waals surface area (Å²) in [4.78, 5) is 29.5. The number of pyridine rings is 2. The number of nitrogens with one attached hydrogen (secondary N) is 2. The number of hydrogen-bond donors (Lipinski definition) is 2. The number of benzene rings is 3. The van der Waals surface area contributed by atoms with Crippen LogP contribution in [0.15, 0.2) is 164 Å². The Labute approximate surface area is 317 Å². The highest BCUT2D eigenvalue weighted by molar-refractivity contribution is 6.00. The van der Waals surface area contributed by atoms with E-state index in [1.165, 1.54) is 0 Å². The van der Waals surface area contributed by atoms with Crippen molar-refractivity contribution in [1.82, 2.24) is 29.9 Å². The van der Waals surface area contributed by atoms with Crippen LogP contribution in [-0.2, 0) is 0 Å². The Morgan fingerprint density at radius 3 is 1.18 bits per heavy atom. The summed E-state index contributed by atoms with van der Waals surface area (Å²) in [6, 6.07) is 48.0. The number of para-hydroxylation sites is 2. The van der Waals surface area contributed by atoms with Gasteiger partial charge in [-0.25, -0.2) is 9.97 Å². The lowest BCUT2D eigenvalue weighted by atomic mass is 10.0. The van der Waals surface area contributed by atoms with E-state index in [9.17, 15) is 0 Å². The van der Waals surface area contributed by atoms with Gasteiger partial charge in [-0.05, 0) is 114 Å². The predicted octanol–water partition coefficient (Wildman–Crippen LogP) is 11.9. The lowest BCUT2D eigenvalue weighted by Gasteiger charge is -2.26. The van der Waals surface area contributed by atoms with Gasteiger partial charge in [0, 0.05) is 69.4 Å². The number of hydrogen-bond acceptors (Lipinski definition) is 5. The second-order valence-electron chi connectivity index (χ2n) is 13.3. The van der Waals surface area contributed by atoms with Crippen molar-refractivity contribution in [1.29, 1.82) is 0 Å². The molecule has 7 nitrogen and oxygen atoms in total. The second-order valence-corrected chi connectivity index (χ2v) is 13.3. The minimum Gasteiger partial charge on any atom is -0.354 e. The molecule has 7 heteroatoms. The summed E-state index contributed by atoms with van der Waals surface area (Å²) < 4.78 is 0. The molecule has 0 unspecified atom stereocenters. The Morgan fingerprint density at radius 1 is 0.345 bits per heavy atom. The highest BCUT2D eigenvalue weighted by Crippen LogP contribution is 2.42. The van der Waals surface area contributed by atoms with Crippen molar-refractivity contribution in [2.75, 3.05) is 4.90 Å². The van der Waals surface area contributed by atoms with Gasteiger partial charge in [0.25, 0.3) is 0 Å². The van der Waals surface area contributed by atoms with Crippen molar-refractivity contribution in [3.63, 3.8) is 0 Å². The monoisotopic (exact) mass is 707 g/mol. The first-order valence-electron chi connectivity index (χ1n) is 18.2. The van der Waals surface area contributed by atoms with Crippen molar-refractivity contribution in [2.24, 2.45) is 0 Å². The fraction of sp³-hybridized carbons (Fsp3) is 0. The maximum atomic E-state index is 5.47. The minimum absolute atomic E-state index is 0.817. The van der Waals surface area contributed by atoms with Gasteiger partial charge < -0.3 is 14.9 Å². The topological polar surface area (TPSA) is 86.4 Å². The lowest BCUT2D eigenvalue weighted by molar-refractivity contribution is 1.23. The summed E-state index contributed by atoms with van der Waals surface area (Å²) in [6.45, 7) is 0. The van der Waals surface area contributed by atoms with Gasteiger partial charge in [0.1, 0.15) is 0 Å². The van der Waals surface area contributed by atoms with Crippen molar-refractivity contribution in [3.05, 3.63) is 187 Å². The lowest BCUT2D eigenvalue weighted by Crippen LogP contribution is -2.11. The van der Waals surface area contributed by atoms with Crippen molar-refractivity contribution in [2.45, 2.75) is 0 Å². The largest absolute Gasteiger partial charge is 0.354 e. The zero-order valence-electron chi connectivity index (χ0n) is 29.6. The molecule has 0 atom stereocenters. The van der Waals surface area contributed by atoms with Crippen LogP contribution in [0.25, 0.3) is 79.8 Å². The van der Waals surface area contributed by atoms with Gasteiger partial charge in [-0.1, -0.05) is 66.7 Å². The molecule has 2 N–H and O–H groups in total. The first-order chi connectivity index (χ1) is 27.3. The second kappa shape index (κ2) is 13.7. The van der Waals surface area contributed by atoms with Crippen LogP contribution in [0.5, 0.6) is 0 Å². The van der Waals surface area contributed by atoms with Crippen LogP contribution in [0.4, 0.5) is 17.1 Å². The number of fused-ring (bicyclic) bond motifs is 8. The van der Waals surface area contributed by atoms with Crippen LogP contribution >= 0.6 is 0 Å². The number of H-pyrrole nitrogens is 2. The molecule has 8 bridgehead atoms. The first kappa shape index (κ1) is 32.0. The number of aromatic nitrogens is 6. The maximum Gasteiger partial charge on any atom is 0.0957 e. The maximum absolute atomic E-state index is 5.47. The van der Waals surface area contributed by atoms with Crippen molar-refractivity contribution < 1.29 is 0 Å². The van der Waals surface area contributed by atoms with Gasteiger partial charge in [0.15, 0.2) is 0 Å². The third-order valence-corrected chi connectivity index (χ3v) is 9.98. The van der Waals surface area contributed by atoms with Crippen LogP contribution in [0.1, 0.15) is 22.8 Å². The molecule has 3 aromatic carbocycles. The van der Waals surface area contributed by atoms with E-state index >= 15 is 0 Å². The third-order valence-electron chi connectivity index (χ3n) is 9.98. The molecule has 10 rings (SSSR count). The third kappa shape index (κ3) is 5.90. The average molecular weight is 708 g/mol. The first-order valence-corrected chi connectivity index (χ1v) is 18.2. The molecule has 0 spiro atoms. The zero-order valence-corrected chi connectivity index (χ0v) is 29.6. The molecule has 0 saturated carbocycles. The molecule has 55 heavy (non-hydrogen) atoms. The smallest absolute Gasteiger partial charge is 0.0957 e. The zero-order chi connectivity index (χ0) is 36.6. The standard InChI is InChI=1S/C48H33N7/c1-4-10-32(11-5-1)45-37-16-18-39(51-37)46(33-24-28-49-29-25-33)41-20-22-43(53-41)48(55(35-12-6-2-7-13-35)36-14-8-3-9-15-36)44-23-21-42(54-44)47(34-26-30-50-31-27-34)40-19-17-38(45)52-40/h1-31,51,54H. The van der Waals surface area contributed by atoms with Gasteiger partial charge >= 0.3 is 0 Å². The fourth-order valence-corrected chi connectivity index (χ4v) is 7.54. The van der Waals surface area contributed by atoms with E-state index in [1.54, 1.807) is 0 Å². The molecule has 5 aromatic heterocycles. The Morgan fingerprint density at radius 2 is 0.709 bits per heavy atom. The Kier molecular flexibility index (Phi) is 8.00. The Bertz CT molecular complexity index is 2820. The van der Waals surface area contributed by atoms with E-state index in [0.29, 0.717) is 0 Å². The Hall–Kier alpha value is -7.64. The quantitative estimate of drug-likeness (QED) is 0.180. The van der Waals surface area contributed by atoms with E-state index in [1.807, 2.05) is 67.3 Å². The predicted molar refractivity (Wildman–Crippen MR) is 225 cm³/mol. The highest BCUT2D eigenvalue weighted by atomic mass is 15.2. The van der Waals surface area contributed by atoms with Gasteiger partial charge in [-0.3, -0.25) is 9.97 Å². The molecular formula is C48H33N7. The van der Waals surface area contributed by atoms with Crippen LogP contribution in [-0.4, -0.2) is 29.9 Å². The molecule has 0 amide bonds. The number of nitrogens with zero attached hydrogens (tertiary/aromatic N) is 5. The summed E-state index contributed by atoms with van der Waals surface area (Å²) in [5.74, 6) is 0. The molecule has 0 radical (unpaired) electrons. The van der Waals surface area contributed by atoms with Gasteiger partial charge in [-0.15, -0.1) is 0 Å². The molecular weight excluding hydrogens is 675 g/mol. The molecule has 0 aliphatic carbocycles. The summed E-state index contributed by atoms with van der Waals surface area (Å²) in [7, 11) is 0. The van der Waals surface area contributed by atoms with Crippen LogP contribution < -0.4 is 4.90 Å². The summed E-state index contributed by atoms with van der Waals surface area (Å²) in [5, 5.41) is 0.